The molecule has 0 unspecified atom stereocenters. The summed E-state index contributed by atoms with van der Waals surface area (Å²) in [6.07, 6.45) is 4.32. The third-order valence-corrected chi connectivity index (χ3v) is 4.38. The first-order valence-electron chi connectivity index (χ1n) is 7.15. The molecule has 3 nitrogen and oxygen atoms in total. The van der Waals surface area contributed by atoms with Gasteiger partial charge in [0.1, 0.15) is 0 Å². The van der Waals surface area contributed by atoms with Crippen LogP contribution in [0.4, 0.5) is 0 Å². The zero-order valence-corrected chi connectivity index (χ0v) is 12.4. The van der Waals surface area contributed by atoms with Gasteiger partial charge >= 0.3 is 5.97 Å². The number of carboxylic acids is 1. The highest BCUT2D eigenvalue weighted by molar-refractivity contribution is 7.17. The van der Waals surface area contributed by atoms with Crippen LogP contribution < -0.4 is 5.32 Å². The van der Waals surface area contributed by atoms with Crippen LogP contribution in [0.1, 0.15) is 37.7 Å². The van der Waals surface area contributed by atoms with Crippen LogP contribution in [0.25, 0.3) is 10.1 Å². The van der Waals surface area contributed by atoms with Crippen LogP contribution in [0.15, 0.2) is 29.6 Å². The number of carboxylic acid groups (broad SMARTS) is 1. The summed E-state index contributed by atoms with van der Waals surface area (Å²) < 4.78 is 1.35. The van der Waals surface area contributed by atoms with Gasteiger partial charge in [-0.05, 0) is 41.8 Å². The Hall–Kier alpha value is -1.39. The third-order valence-electron chi connectivity index (χ3n) is 3.37. The molecule has 0 saturated heterocycles. The summed E-state index contributed by atoms with van der Waals surface area (Å²) in [5.41, 5.74) is 1.37. The molecular weight excluding hydrogens is 270 g/mol. The predicted molar refractivity (Wildman–Crippen MR) is 84.3 cm³/mol. The van der Waals surface area contributed by atoms with Crippen LogP contribution in [0.3, 0.4) is 0 Å². The van der Waals surface area contributed by atoms with Crippen LogP contribution in [0.5, 0.6) is 0 Å². The fourth-order valence-corrected chi connectivity index (χ4v) is 3.24. The monoisotopic (exact) mass is 291 g/mol. The number of thiophene rings is 1. The van der Waals surface area contributed by atoms with E-state index in [9.17, 15) is 4.79 Å². The Morgan fingerprint density at radius 3 is 2.80 bits per heavy atom. The second kappa shape index (κ2) is 8.02. The minimum absolute atomic E-state index is 0.300. The van der Waals surface area contributed by atoms with E-state index in [1.54, 1.807) is 11.3 Å². The Balaban J connectivity index is 1.60. The zero-order valence-electron chi connectivity index (χ0n) is 11.6. The summed E-state index contributed by atoms with van der Waals surface area (Å²) in [6.45, 7) is 1.91. The Morgan fingerprint density at radius 1 is 1.15 bits per heavy atom. The second-order valence-electron chi connectivity index (χ2n) is 4.99. The highest BCUT2D eigenvalue weighted by Gasteiger charge is 2.02. The van der Waals surface area contributed by atoms with Crippen LogP contribution in [-0.2, 0) is 11.3 Å². The highest BCUT2D eigenvalue weighted by Crippen LogP contribution is 2.25. The van der Waals surface area contributed by atoms with Crippen molar-refractivity contribution in [1.82, 2.24) is 5.32 Å². The molecule has 0 atom stereocenters. The van der Waals surface area contributed by atoms with Crippen molar-refractivity contribution in [2.45, 2.75) is 38.6 Å². The average molecular weight is 291 g/mol. The summed E-state index contributed by atoms with van der Waals surface area (Å²) in [7, 11) is 0. The zero-order chi connectivity index (χ0) is 14.2. The molecule has 0 bridgehead atoms. The maximum Gasteiger partial charge on any atom is 0.303 e. The van der Waals surface area contributed by atoms with Crippen molar-refractivity contribution < 1.29 is 9.90 Å². The number of hydrogen-bond donors (Lipinski definition) is 2. The van der Waals surface area contributed by atoms with Gasteiger partial charge in [-0.1, -0.05) is 31.0 Å². The number of fused-ring (bicyclic) bond motifs is 1. The summed E-state index contributed by atoms with van der Waals surface area (Å²) >= 11 is 1.80. The van der Waals surface area contributed by atoms with Crippen molar-refractivity contribution >= 4 is 27.4 Å². The largest absolute Gasteiger partial charge is 0.481 e. The Morgan fingerprint density at radius 2 is 1.95 bits per heavy atom. The van der Waals surface area contributed by atoms with E-state index in [0.717, 1.165) is 38.8 Å². The maximum absolute atomic E-state index is 10.4. The number of hydrogen-bond acceptors (Lipinski definition) is 3. The molecule has 1 aromatic heterocycles. The van der Waals surface area contributed by atoms with Crippen molar-refractivity contribution in [2.75, 3.05) is 6.54 Å². The molecule has 1 aromatic carbocycles. The normalized spacial score (nSPS) is 11.0. The average Bonchev–Trinajstić information content (AvgIpc) is 2.85. The number of nitrogens with one attached hydrogen (secondary N) is 1. The van der Waals surface area contributed by atoms with Crippen molar-refractivity contribution in [3.8, 4) is 0 Å². The highest BCUT2D eigenvalue weighted by atomic mass is 32.1. The minimum Gasteiger partial charge on any atom is -0.481 e. The lowest BCUT2D eigenvalue weighted by Crippen LogP contribution is -2.14. The van der Waals surface area contributed by atoms with Gasteiger partial charge in [0.2, 0.25) is 0 Å². The van der Waals surface area contributed by atoms with Gasteiger partial charge in [0.15, 0.2) is 0 Å². The van der Waals surface area contributed by atoms with E-state index >= 15 is 0 Å². The van der Waals surface area contributed by atoms with Gasteiger partial charge in [-0.25, -0.2) is 0 Å². The van der Waals surface area contributed by atoms with Gasteiger partial charge in [0.25, 0.3) is 0 Å². The lowest BCUT2D eigenvalue weighted by Gasteiger charge is -2.04. The van der Waals surface area contributed by atoms with E-state index in [2.05, 4.69) is 35.0 Å². The van der Waals surface area contributed by atoms with E-state index in [1.807, 2.05) is 0 Å². The SMILES string of the molecule is O=C(O)CCCCCCNCc1csc2ccccc12. The molecule has 0 radical (unpaired) electrons. The molecule has 4 heteroatoms. The number of carbonyl (C=O) groups is 1. The van der Waals surface area contributed by atoms with Gasteiger partial charge in [0, 0.05) is 17.7 Å². The number of rotatable bonds is 9. The Bertz CT molecular complexity index is 550. The third kappa shape index (κ3) is 4.62. The summed E-state index contributed by atoms with van der Waals surface area (Å²) in [5, 5.41) is 15.6. The molecule has 0 aliphatic heterocycles. The van der Waals surface area contributed by atoms with Crippen molar-refractivity contribution in [1.29, 1.82) is 0 Å². The Kier molecular flexibility index (Phi) is 6.02. The maximum atomic E-state index is 10.4. The number of aliphatic carboxylic acids is 1. The predicted octanol–water partition coefficient (Wildman–Crippen LogP) is 4.03. The van der Waals surface area contributed by atoms with E-state index < -0.39 is 5.97 Å². The standard InChI is InChI=1S/C16H21NO2S/c18-16(19)9-3-1-2-6-10-17-11-13-12-20-15-8-5-4-7-14(13)15/h4-5,7-8,12,17H,1-3,6,9-11H2,(H,18,19). The molecule has 20 heavy (non-hydrogen) atoms. The number of unbranched alkanes of at least 4 members (excludes halogenated alkanes) is 3. The molecule has 0 amide bonds. The van der Waals surface area contributed by atoms with Crippen molar-refractivity contribution in [3.05, 3.63) is 35.2 Å². The smallest absolute Gasteiger partial charge is 0.303 e. The molecular formula is C16H21NO2S. The fraction of sp³-hybridized carbons (Fsp3) is 0.438. The molecule has 2 rings (SSSR count). The molecule has 2 N–H and O–H groups in total. The molecule has 0 aliphatic carbocycles. The van der Waals surface area contributed by atoms with Crippen LogP contribution in [0, 0.1) is 0 Å². The van der Waals surface area contributed by atoms with Crippen molar-refractivity contribution in [3.63, 3.8) is 0 Å². The quantitative estimate of drug-likeness (QED) is 0.686. The molecule has 0 spiro atoms. The van der Waals surface area contributed by atoms with E-state index in [1.165, 1.54) is 15.6 Å². The first-order valence-corrected chi connectivity index (χ1v) is 8.03. The molecule has 0 saturated carbocycles. The summed E-state index contributed by atoms with van der Waals surface area (Å²) in [5.74, 6) is -0.688. The topological polar surface area (TPSA) is 49.3 Å². The van der Waals surface area contributed by atoms with E-state index in [0.29, 0.717) is 6.42 Å². The van der Waals surface area contributed by atoms with Gasteiger partial charge < -0.3 is 10.4 Å². The molecule has 108 valence electrons. The van der Waals surface area contributed by atoms with E-state index in [4.69, 9.17) is 5.11 Å². The summed E-state index contributed by atoms with van der Waals surface area (Å²) in [4.78, 5) is 10.4. The molecule has 1 heterocycles. The molecule has 2 aromatic rings. The van der Waals surface area contributed by atoms with Gasteiger partial charge in [0.05, 0.1) is 0 Å². The molecule has 0 fully saturated rings. The van der Waals surface area contributed by atoms with Crippen LogP contribution >= 0.6 is 11.3 Å². The fourth-order valence-electron chi connectivity index (χ4n) is 2.27. The second-order valence-corrected chi connectivity index (χ2v) is 5.90. The van der Waals surface area contributed by atoms with Crippen molar-refractivity contribution in [2.24, 2.45) is 0 Å². The van der Waals surface area contributed by atoms with Crippen LogP contribution in [0.2, 0.25) is 0 Å². The lowest BCUT2D eigenvalue weighted by atomic mass is 10.1. The van der Waals surface area contributed by atoms with Gasteiger partial charge in [-0.3, -0.25) is 4.79 Å². The first kappa shape index (κ1) is 15.0. The minimum atomic E-state index is -0.688. The Labute approximate surface area is 123 Å². The van der Waals surface area contributed by atoms with Crippen LogP contribution in [-0.4, -0.2) is 17.6 Å². The lowest BCUT2D eigenvalue weighted by molar-refractivity contribution is -0.137. The van der Waals surface area contributed by atoms with Gasteiger partial charge in [-0.2, -0.15) is 0 Å². The molecule has 0 aliphatic rings. The van der Waals surface area contributed by atoms with Gasteiger partial charge in [-0.15, -0.1) is 11.3 Å². The number of benzene rings is 1. The summed E-state index contributed by atoms with van der Waals surface area (Å²) in [6, 6.07) is 8.49. The first-order chi connectivity index (χ1) is 9.77. The van der Waals surface area contributed by atoms with E-state index in [-0.39, 0.29) is 0 Å².